The summed E-state index contributed by atoms with van der Waals surface area (Å²) in [5.74, 6) is 0.208. The molecule has 2 aliphatic carbocycles. The minimum absolute atomic E-state index is 0.0485. The summed E-state index contributed by atoms with van der Waals surface area (Å²) in [7, 11) is 0. The second-order valence-corrected chi connectivity index (χ2v) is 8.32. The van der Waals surface area contributed by atoms with Crippen LogP contribution in [0.1, 0.15) is 89.9 Å². The molecule has 0 aliphatic heterocycles. The third kappa shape index (κ3) is 8.42. The molecule has 0 radical (unpaired) electrons. The number of carbonyl (C=O) groups is 2. The average molecular weight is 377 g/mol. The molecule has 0 heterocycles. The summed E-state index contributed by atoms with van der Waals surface area (Å²) in [6.45, 7) is 0. The van der Waals surface area contributed by atoms with Crippen LogP contribution in [0.5, 0.6) is 0 Å². The molecule has 0 aromatic heterocycles. The van der Waals surface area contributed by atoms with Crippen LogP contribution in [0.25, 0.3) is 0 Å². The quantitative estimate of drug-likeness (QED) is 0.362. The molecule has 2 aliphatic rings. The summed E-state index contributed by atoms with van der Waals surface area (Å²) in [6.07, 6.45) is 19.3. The Balaban J connectivity index is 1.59. The van der Waals surface area contributed by atoms with Crippen LogP contribution in [0.2, 0.25) is 0 Å². The number of hydrogen-bond acceptors (Lipinski definition) is 3. The molecule has 4 heteroatoms. The molecular weight excluding hydrogens is 340 g/mol. The standard InChI is InChI=1S/C23H36O4/c24-21(14-9-8-12-18-10-4-3-5-11-18)20-16-19(22(25)17-20)13-6-1-2-7-15-23(26)27/h1,6,17-19,21,24H,2-5,7-16H2,(H,26,27)/b6-1-/t19-,21?/m0/s1. The largest absolute Gasteiger partial charge is 0.481 e. The van der Waals surface area contributed by atoms with Gasteiger partial charge in [0.25, 0.3) is 0 Å². The van der Waals surface area contributed by atoms with E-state index in [0.717, 1.165) is 30.8 Å². The molecule has 4 nitrogen and oxygen atoms in total. The SMILES string of the molecule is O=C(O)CCC/C=C\C[C@H]1CC(C(O)CCCCC2CCCCC2)=CC1=O. The smallest absolute Gasteiger partial charge is 0.303 e. The van der Waals surface area contributed by atoms with Crippen LogP contribution in [0, 0.1) is 11.8 Å². The topological polar surface area (TPSA) is 74.6 Å². The number of carboxylic acid groups (broad SMARTS) is 1. The minimum atomic E-state index is -0.768. The van der Waals surface area contributed by atoms with Crippen molar-refractivity contribution < 1.29 is 19.8 Å². The van der Waals surface area contributed by atoms with Gasteiger partial charge in [0.15, 0.2) is 5.78 Å². The number of hydrogen-bond donors (Lipinski definition) is 2. The summed E-state index contributed by atoms with van der Waals surface area (Å²) >= 11 is 0. The highest BCUT2D eigenvalue weighted by Crippen LogP contribution is 2.31. The lowest BCUT2D eigenvalue weighted by atomic mass is 9.85. The van der Waals surface area contributed by atoms with E-state index in [9.17, 15) is 14.7 Å². The van der Waals surface area contributed by atoms with Gasteiger partial charge in [-0.05, 0) is 49.7 Å². The maximum Gasteiger partial charge on any atom is 0.303 e. The molecule has 1 saturated carbocycles. The highest BCUT2D eigenvalue weighted by atomic mass is 16.4. The fraction of sp³-hybridized carbons (Fsp3) is 0.739. The normalized spacial score (nSPS) is 22.3. The Bertz CT molecular complexity index is 528. The molecule has 27 heavy (non-hydrogen) atoms. The fourth-order valence-corrected chi connectivity index (χ4v) is 4.36. The van der Waals surface area contributed by atoms with Crippen molar-refractivity contribution in [2.24, 2.45) is 11.8 Å². The summed E-state index contributed by atoms with van der Waals surface area (Å²) < 4.78 is 0. The van der Waals surface area contributed by atoms with Crippen molar-refractivity contribution in [3.8, 4) is 0 Å². The zero-order chi connectivity index (χ0) is 19.5. The number of unbranched alkanes of at least 4 members (excludes halogenated alkanes) is 2. The highest BCUT2D eigenvalue weighted by Gasteiger charge is 2.27. The van der Waals surface area contributed by atoms with Crippen molar-refractivity contribution in [1.29, 1.82) is 0 Å². The second-order valence-electron chi connectivity index (χ2n) is 8.32. The number of carboxylic acids is 1. The Hall–Kier alpha value is -1.42. The monoisotopic (exact) mass is 376 g/mol. The van der Waals surface area contributed by atoms with E-state index in [1.54, 1.807) is 6.08 Å². The molecule has 0 amide bonds. The van der Waals surface area contributed by atoms with Crippen molar-refractivity contribution in [2.45, 2.75) is 96.0 Å². The van der Waals surface area contributed by atoms with E-state index in [-0.39, 0.29) is 18.1 Å². The maximum atomic E-state index is 12.1. The van der Waals surface area contributed by atoms with E-state index in [1.165, 1.54) is 44.9 Å². The number of allylic oxidation sites excluding steroid dienone is 3. The van der Waals surface area contributed by atoms with Crippen molar-refractivity contribution >= 4 is 11.8 Å². The predicted molar refractivity (Wildman–Crippen MR) is 107 cm³/mol. The lowest BCUT2D eigenvalue weighted by Gasteiger charge is -2.21. The van der Waals surface area contributed by atoms with E-state index < -0.39 is 12.1 Å². The number of ketones is 1. The van der Waals surface area contributed by atoms with Crippen molar-refractivity contribution in [3.05, 3.63) is 23.8 Å². The minimum Gasteiger partial charge on any atom is -0.481 e. The summed E-state index contributed by atoms with van der Waals surface area (Å²) in [4.78, 5) is 22.6. The zero-order valence-electron chi connectivity index (χ0n) is 16.6. The predicted octanol–water partition coefficient (Wildman–Crippen LogP) is 5.20. The third-order valence-electron chi connectivity index (χ3n) is 6.05. The van der Waals surface area contributed by atoms with E-state index in [1.807, 2.05) is 12.2 Å². The van der Waals surface area contributed by atoms with Gasteiger partial charge >= 0.3 is 5.97 Å². The van der Waals surface area contributed by atoms with E-state index in [4.69, 9.17) is 5.11 Å². The first kappa shape index (κ1) is 21.9. The van der Waals surface area contributed by atoms with Crippen molar-refractivity contribution in [3.63, 3.8) is 0 Å². The van der Waals surface area contributed by atoms with Crippen LogP contribution in [0.4, 0.5) is 0 Å². The third-order valence-corrected chi connectivity index (χ3v) is 6.05. The molecule has 2 atom stereocenters. The van der Waals surface area contributed by atoms with Crippen LogP contribution in [0.15, 0.2) is 23.8 Å². The van der Waals surface area contributed by atoms with Gasteiger partial charge in [0.2, 0.25) is 0 Å². The molecule has 0 aromatic carbocycles. The zero-order valence-corrected chi connectivity index (χ0v) is 16.6. The Labute approximate surface area is 163 Å². The number of carbonyl (C=O) groups excluding carboxylic acids is 1. The average Bonchev–Trinajstić information content (AvgIpc) is 3.03. The van der Waals surface area contributed by atoms with Crippen LogP contribution in [0.3, 0.4) is 0 Å². The lowest BCUT2D eigenvalue weighted by molar-refractivity contribution is -0.137. The first-order chi connectivity index (χ1) is 13.1. The first-order valence-corrected chi connectivity index (χ1v) is 10.9. The first-order valence-electron chi connectivity index (χ1n) is 10.9. The summed E-state index contributed by atoms with van der Waals surface area (Å²) in [5, 5.41) is 19.0. The van der Waals surface area contributed by atoms with Crippen molar-refractivity contribution in [1.82, 2.24) is 0 Å². The van der Waals surface area contributed by atoms with Gasteiger partial charge in [0, 0.05) is 12.3 Å². The molecular formula is C23H36O4. The molecule has 2 rings (SSSR count). The van der Waals surface area contributed by atoms with Gasteiger partial charge in [-0.25, -0.2) is 0 Å². The van der Waals surface area contributed by atoms with Gasteiger partial charge in [0.05, 0.1) is 6.10 Å². The Morgan fingerprint density at radius 3 is 2.67 bits per heavy atom. The van der Waals surface area contributed by atoms with E-state index in [2.05, 4.69) is 0 Å². The molecule has 0 spiro atoms. The van der Waals surface area contributed by atoms with Crippen LogP contribution in [-0.4, -0.2) is 28.1 Å². The molecule has 1 unspecified atom stereocenters. The van der Waals surface area contributed by atoms with Gasteiger partial charge < -0.3 is 10.2 Å². The second kappa shape index (κ2) is 12.1. The molecule has 0 saturated heterocycles. The molecule has 2 N–H and O–H groups in total. The van der Waals surface area contributed by atoms with E-state index in [0.29, 0.717) is 19.3 Å². The van der Waals surface area contributed by atoms with Gasteiger partial charge in [-0.15, -0.1) is 0 Å². The number of aliphatic carboxylic acids is 1. The summed E-state index contributed by atoms with van der Waals surface area (Å²) in [5.41, 5.74) is 0.905. The van der Waals surface area contributed by atoms with Gasteiger partial charge in [-0.2, -0.15) is 0 Å². The van der Waals surface area contributed by atoms with Gasteiger partial charge in [-0.1, -0.05) is 63.5 Å². The number of aliphatic hydroxyl groups excluding tert-OH is 1. The Morgan fingerprint density at radius 2 is 1.93 bits per heavy atom. The number of rotatable bonds is 12. The van der Waals surface area contributed by atoms with Crippen LogP contribution >= 0.6 is 0 Å². The van der Waals surface area contributed by atoms with Gasteiger partial charge in [-0.3, -0.25) is 9.59 Å². The highest BCUT2D eigenvalue weighted by molar-refractivity contribution is 5.95. The maximum absolute atomic E-state index is 12.1. The lowest BCUT2D eigenvalue weighted by Crippen LogP contribution is -2.11. The fourth-order valence-electron chi connectivity index (χ4n) is 4.36. The van der Waals surface area contributed by atoms with Crippen LogP contribution in [-0.2, 0) is 9.59 Å². The van der Waals surface area contributed by atoms with Crippen LogP contribution < -0.4 is 0 Å². The molecule has 1 fully saturated rings. The number of aliphatic hydroxyl groups is 1. The molecule has 0 aromatic rings. The molecule has 0 bridgehead atoms. The molecule has 152 valence electrons. The summed E-state index contributed by atoms with van der Waals surface area (Å²) in [6, 6.07) is 0. The van der Waals surface area contributed by atoms with E-state index >= 15 is 0 Å². The van der Waals surface area contributed by atoms with Crippen molar-refractivity contribution in [2.75, 3.05) is 0 Å². The Morgan fingerprint density at radius 1 is 1.15 bits per heavy atom. The van der Waals surface area contributed by atoms with Gasteiger partial charge in [0.1, 0.15) is 0 Å². The Kier molecular flexibility index (Phi) is 9.82.